The fraction of sp³-hybridized carbons (Fsp3) is 0.346. The molecular weight excluding hydrogens is 374 g/mol. The van der Waals surface area contributed by atoms with Gasteiger partial charge in [-0.25, -0.2) is 0 Å². The minimum atomic E-state index is -0.612. The van der Waals surface area contributed by atoms with Crippen molar-refractivity contribution in [2.24, 2.45) is 5.92 Å². The van der Waals surface area contributed by atoms with Crippen LogP contribution in [0.2, 0.25) is 0 Å². The molecule has 0 spiro atoms. The molecule has 4 heteroatoms. The first-order chi connectivity index (χ1) is 14.5. The van der Waals surface area contributed by atoms with Gasteiger partial charge in [0.1, 0.15) is 11.5 Å². The van der Waals surface area contributed by atoms with Crippen molar-refractivity contribution >= 4 is 12.0 Å². The maximum absolute atomic E-state index is 13.5. The Morgan fingerprint density at radius 2 is 1.93 bits per heavy atom. The first kappa shape index (κ1) is 19.0. The van der Waals surface area contributed by atoms with E-state index in [1.54, 1.807) is 11.0 Å². The molecule has 1 N–H and O–H groups in total. The highest BCUT2D eigenvalue weighted by Crippen LogP contribution is 2.58. The van der Waals surface area contributed by atoms with Crippen LogP contribution in [0.5, 0.6) is 5.75 Å². The summed E-state index contributed by atoms with van der Waals surface area (Å²) >= 11 is 0. The molecule has 0 radical (unpaired) electrons. The van der Waals surface area contributed by atoms with Gasteiger partial charge < -0.3 is 14.7 Å². The van der Waals surface area contributed by atoms with Crippen LogP contribution < -0.4 is 4.74 Å². The molecule has 2 fully saturated rings. The van der Waals surface area contributed by atoms with E-state index >= 15 is 0 Å². The second kappa shape index (κ2) is 7.05. The van der Waals surface area contributed by atoms with Gasteiger partial charge in [-0.05, 0) is 37.5 Å². The number of allylic oxidation sites excluding steroid dienone is 1. The molecule has 3 aliphatic rings. The number of amides is 1. The molecule has 1 amide bonds. The molecule has 1 aliphatic carbocycles. The van der Waals surface area contributed by atoms with E-state index in [0.29, 0.717) is 5.57 Å². The van der Waals surface area contributed by atoms with Gasteiger partial charge in [0.25, 0.3) is 5.91 Å². The van der Waals surface area contributed by atoms with E-state index < -0.39 is 5.72 Å². The largest absolute Gasteiger partial charge is 0.507 e. The average molecular weight is 402 g/mol. The van der Waals surface area contributed by atoms with Crippen LogP contribution in [-0.4, -0.2) is 28.7 Å². The molecule has 1 saturated heterocycles. The predicted octanol–water partition coefficient (Wildman–Crippen LogP) is 5.36. The Bertz CT molecular complexity index is 1050. The number of piperidine rings is 1. The number of fused-ring (bicyclic) bond motifs is 2. The standard InChI is InChI=1S/C26H27NO3/c1-17-10-12-18(13-11-17)14-15-21(28)24-23-19-7-3-4-9-22(19)30-26(27(2)25(24)29)16-6-5-8-20(23)26/h3-4,7,9-15,20,23,28H,5-6,8,16H2,1-2H3/b15-14+,24-21-. The Labute approximate surface area is 177 Å². The molecule has 2 aromatic rings. The van der Waals surface area contributed by atoms with Crippen LogP contribution >= 0.6 is 0 Å². The first-order valence-corrected chi connectivity index (χ1v) is 10.8. The predicted molar refractivity (Wildman–Crippen MR) is 117 cm³/mol. The van der Waals surface area contributed by atoms with Gasteiger partial charge in [-0.3, -0.25) is 4.79 Å². The van der Waals surface area contributed by atoms with Crippen LogP contribution in [0.1, 0.15) is 48.3 Å². The van der Waals surface area contributed by atoms with Crippen molar-refractivity contribution in [2.75, 3.05) is 7.05 Å². The lowest BCUT2D eigenvalue weighted by molar-refractivity contribution is -0.183. The van der Waals surface area contributed by atoms with E-state index in [1.165, 1.54) is 5.56 Å². The number of nitrogens with zero attached hydrogens (tertiary/aromatic N) is 1. The molecule has 4 nitrogen and oxygen atoms in total. The van der Waals surface area contributed by atoms with Crippen LogP contribution in [0.15, 0.2) is 65.9 Å². The zero-order valence-electron chi connectivity index (χ0n) is 17.5. The number of aliphatic hydroxyl groups excluding tert-OH is 1. The molecule has 0 aromatic heterocycles. The lowest BCUT2D eigenvalue weighted by Gasteiger charge is -2.58. The SMILES string of the molecule is Cc1ccc(/C=C/C(O)=C2/C(=O)N(C)C34CCCCC3C2c2ccccc2O4)cc1. The van der Waals surface area contributed by atoms with Gasteiger partial charge in [0.2, 0.25) is 0 Å². The molecular formula is C26H27NO3. The third-order valence-corrected chi connectivity index (χ3v) is 7.02. The topological polar surface area (TPSA) is 49.8 Å². The summed E-state index contributed by atoms with van der Waals surface area (Å²) in [5.74, 6) is 0.732. The van der Waals surface area contributed by atoms with Gasteiger partial charge in [-0.15, -0.1) is 0 Å². The molecule has 2 aliphatic heterocycles. The lowest BCUT2D eigenvalue weighted by atomic mass is 9.63. The number of aliphatic hydroxyl groups is 1. The molecule has 2 bridgehead atoms. The number of benzene rings is 2. The number of rotatable bonds is 2. The maximum atomic E-state index is 13.5. The van der Waals surface area contributed by atoms with Crippen LogP contribution in [0.3, 0.4) is 0 Å². The zero-order valence-corrected chi connectivity index (χ0v) is 17.5. The number of aryl methyl sites for hydroxylation is 1. The summed E-state index contributed by atoms with van der Waals surface area (Å²) < 4.78 is 6.53. The quantitative estimate of drug-likeness (QED) is 0.545. The van der Waals surface area contributed by atoms with Gasteiger partial charge in [0.05, 0.1) is 5.57 Å². The highest BCUT2D eigenvalue weighted by atomic mass is 16.5. The van der Waals surface area contributed by atoms with Crippen molar-refractivity contribution in [3.63, 3.8) is 0 Å². The normalized spacial score (nSPS) is 29.3. The average Bonchev–Trinajstić information content (AvgIpc) is 2.77. The Morgan fingerprint density at radius 1 is 1.17 bits per heavy atom. The van der Waals surface area contributed by atoms with Crippen LogP contribution in [0.4, 0.5) is 0 Å². The van der Waals surface area contributed by atoms with E-state index in [4.69, 9.17) is 4.74 Å². The fourth-order valence-electron chi connectivity index (χ4n) is 5.48. The number of para-hydroxylation sites is 1. The van der Waals surface area contributed by atoms with Gasteiger partial charge in [0, 0.05) is 30.9 Å². The van der Waals surface area contributed by atoms with E-state index in [1.807, 2.05) is 68.6 Å². The molecule has 2 aromatic carbocycles. The van der Waals surface area contributed by atoms with Crippen molar-refractivity contribution in [2.45, 2.75) is 44.2 Å². The van der Waals surface area contributed by atoms with Crippen LogP contribution in [0, 0.1) is 12.8 Å². The summed E-state index contributed by atoms with van der Waals surface area (Å²) in [6, 6.07) is 16.1. The summed E-state index contributed by atoms with van der Waals surface area (Å²) in [4.78, 5) is 15.2. The Balaban J connectivity index is 1.64. The van der Waals surface area contributed by atoms with Gasteiger partial charge in [0.15, 0.2) is 5.72 Å². The number of carbonyl (C=O) groups is 1. The Kier molecular flexibility index (Phi) is 4.46. The number of hydrogen-bond acceptors (Lipinski definition) is 3. The number of likely N-dealkylation sites (tertiary alicyclic amines) is 1. The molecule has 30 heavy (non-hydrogen) atoms. The molecule has 2 heterocycles. The number of carbonyl (C=O) groups excluding carboxylic acids is 1. The summed E-state index contributed by atoms with van der Waals surface area (Å²) in [5, 5.41) is 11.1. The number of likely N-dealkylation sites (N-methyl/N-ethyl adjacent to an activating group) is 1. The third-order valence-electron chi connectivity index (χ3n) is 7.02. The van der Waals surface area contributed by atoms with Crippen LogP contribution in [-0.2, 0) is 4.79 Å². The van der Waals surface area contributed by atoms with Gasteiger partial charge >= 0.3 is 0 Å². The summed E-state index contributed by atoms with van der Waals surface area (Å²) in [6.45, 7) is 2.04. The fourth-order valence-corrected chi connectivity index (χ4v) is 5.48. The van der Waals surface area contributed by atoms with Crippen molar-refractivity contribution < 1.29 is 14.6 Å². The van der Waals surface area contributed by atoms with Gasteiger partial charge in [-0.1, -0.05) is 60.5 Å². The molecule has 3 unspecified atom stereocenters. The smallest absolute Gasteiger partial charge is 0.256 e. The van der Waals surface area contributed by atoms with Crippen molar-refractivity contribution in [3.05, 3.63) is 82.6 Å². The second-order valence-electron chi connectivity index (χ2n) is 8.72. The molecule has 3 atom stereocenters. The van der Waals surface area contributed by atoms with E-state index in [0.717, 1.165) is 42.6 Å². The van der Waals surface area contributed by atoms with Crippen molar-refractivity contribution in [1.29, 1.82) is 0 Å². The minimum absolute atomic E-state index is 0.0494. The highest BCUT2D eigenvalue weighted by Gasteiger charge is 2.60. The summed E-state index contributed by atoms with van der Waals surface area (Å²) in [5.41, 5.74) is 3.06. The third kappa shape index (κ3) is 2.78. The summed E-state index contributed by atoms with van der Waals surface area (Å²) in [6.07, 6.45) is 7.50. The van der Waals surface area contributed by atoms with Crippen molar-refractivity contribution in [1.82, 2.24) is 4.90 Å². The first-order valence-electron chi connectivity index (χ1n) is 10.8. The molecule has 154 valence electrons. The molecule has 5 rings (SSSR count). The van der Waals surface area contributed by atoms with E-state index in [-0.39, 0.29) is 23.5 Å². The number of ether oxygens (including phenoxy) is 1. The lowest BCUT2D eigenvalue weighted by Crippen LogP contribution is -2.67. The molecule has 1 saturated carbocycles. The van der Waals surface area contributed by atoms with Crippen LogP contribution in [0.25, 0.3) is 6.08 Å². The Hall–Kier alpha value is -3.01. The minimum Gasteiger partial charge on any atom is -0.507 e. The van der Waals surface area contributed by atoms with E-state index in [9.17, 15) is 9.90 Å². The Morgan fingerprint density at radius 3 is 2.73 bits per heavy atom. The maximum Gasteiger partial charge on any atom is 0.256 e. The van der Waals surface area contributed by atoms with Gasteiger partial charge in [-0.2, -0.15) is 0 Å². The summed E-state index contributed by atoms with van der Waals surface area (Å²) in [7, 11) is 1.82. The monoisotopic (exact) mass is 401 g/mol. The highest BCUT2D eigenvalue weighted by molar-refractivity contribution is 5.98. The zero-order chi connectivity index (χ0) is 20.9. The van der Waals surface area contributed by atoms with Crippen molar-refractivity contribution in [3.8, 4) is 5.75 Å². The van der Waals surface area contributed by atoms with E-state index in [2.05, 4.69) is 0 Å². The number of hydrogen-bond donors (Lipinski definition) is 1. The second-order valence-corrected chi connectivity index (χ2v) is 8.72.